The number of aryl methyl sites for hydroxylation is 2. The van der Waals surface area contributed by atoms with Crippen molar-refractivity contribution in [2.75, 3.05) is 0 Å². The number of aromatic nitrogens is 2. The smallest absolute Gasteiger partial charge is 0.303 e. The van der Waals surface area contributed by atoms with Crippen molar-refractivity contribution < 1.29 is 14.6 Å². The zero-order valence-electron chi connectivity index (χ0n) is 22.0. The number of ether oxygens (including phenoxy) is 1. The Balaban J connectivity index is 1.82. The van der Waals surface area contributed by atoms with E-state index >= 15 is 0 Å². The summed E-state index contributed by atoms with van der Waals surface area (Å²) in [6.07, 6.45) is 12.6. The standard InChI is InChI=1S/C30H40N2O3/c1-6-7-8-9-12-22-18-27-26(29(2,3)21-30(4,5)35-27)17-23(22)15-16-25-20-31-24(19-32-25)13-10-11-14-28(33)34/h17-20H,6-14,21H2,1-5H3,(H,33,34). The van der Waals surface area contributed by atoms with Gasteiger partial charge >= 0.3 is 5.97 Å². The Morgan fingerprint density at radius 3 is 2.46 bits per heavy atom. The number of nitrogens with zero attached hydrogens (tertiary/aromatic N) is 2. The van der Waals surface area contributed by atoms with E-state index in [-0.39, 0.29) is 17.4 Å². The molecule has 1 aromatic carbocycles. The van der Waals surface area contributed by atoms with Crippen LogP contribution in [0.25, 0.3) is 0 Å². The predicted molar refractivity (Wildman–Crippen MR) is 140 cm³/mol. The molecule has 0 amide bonds. The van der Waals surface area contributed by atoms with Gasteiger partial charge in [0.2, 0.25) is 0 Å². The van der Waals surface area contributed by atoms with E-state index in [9.17, 15) is 4.79 Å². The van der Waals surface area contributed by atoms with Crippen LogP contribution in [0.3, 0.4) is 0 Å². The number of carbonyl (C=O) groups is 1. The number of aliphatic carboxylic acids is 1. The van der Waals surface area contributed by atoms with Crippen LogP contribution in [0.4, 0.5) is 0 Å². The fraction of sp³-hybridized carbons (Fsp3) is 0.567. The molecule has 35 heavy (non-hydrogen) atoms. The van der Waals surface area contributed by atoms with Gasteiger partial charge in [0.15, 0.2) is 0 Å². The van der Waals surface area contributed by atoms with Crippen molar-refractivity contribution in [3.05, 3.63) is 52.6 Å². The van der Waals surface area contributed by atoms with Gasteiger partial charge in [-0.25, -0.2) is 4.98 Å². The monoisotopic (exact) mass is 476 g/mol. The molecule has 1 aliphatic heterocycles. The van der Waals surface area contributed by atoms with E-state index < -0.39 is 5.97 Å². The van der Waals surface area contributed by atoms with Crippen LogP contribution >= 0.6 is 0 Å². The summed E-state index contributed by atoms with van der Waals surface area (Å²) in [7, 11) is 0. The third-order valence-electron chi connectivity index (χ3n) is 6.59. The highest BCUT2D eigenvalue weighted by Crippen LogP contribution is 2.45. The third kappa shape index (κ3) is 7.82. The number of carboxylic acids is 1. The van der Waals surface area contributed by atoms with Gasteiger partial charge < -0.3 is 9.84 Å². The molecule has 1 aromatic heterocycles. The van der Waals surface area contributed by atoms with Crippen molar-refractivity contribution in [2.45, 2.75) is 110 Å². The quantitative estimate of drug-likeness (QED) is 0.308. The molecule has 1 aliphatic rings. The average molecular weight is 477 g/mol. The van der Waals surface area contributed by atoms with Crippen molar-refractivity contribution in [3.8, 4) is 17.6 Å². The van der Waals surface area contributed by atoms with Crippen LogP contribution in [-0.4, -0.2) is 26.6 Å². The minimum atomic E-state index is -0.757. The second-order valence-electron chi connectivity index (χ2n) is 11.0. The second-order valence-corrected chi connectivity index (χ2v) is 11.0. The van der Waals surface area contributed by atoms with Gasteiger partial charge in [-0.15, -0.1) is 0 Å². The Labute approximate surface area is 210 Å². The molecule has 2 heterocycles. The molecular weight excluding hydrogens is 436 g/mol. The van der Waals surface area contributed by atoms with E-state index in [1.165, 1.54) is 30.4 Å². The lowest BCUT2D eigenvalue weighted by Crippen LogP contribution is -2.41. The molecule has 0 atom stereocenters. The summed E-state index contributed by atoms with van der Waals surface area (Å²) in [6, 6.07) is 4.46. The van der Waals surface area contributed by atoms with Gasteiger partial charge in [0, 0.05) is 23.7 Å². The van der Waals surface area contributed by atoms with Crippen molar-refractivity contribution >= 4 is 5.97 Å². The van der Waals surface area contributed by atoms with Crippen LogP contribution in [0.15, 0.2) is 24.5 Å². The van der Waals surface area contributed by atoms with Gasteiger partial charge in [0.05, 0.1) is 11.9 Å². The molecule has 2 aromatic rings. The highest BCUT2D eigenvalue weighted by atomic mass is 16.5. The lowest BCUT2D eigenvalue weighted by molar-refractivity contribution is -0.137. The Morgan fingerprint density at radius 2 is 1.77 bits per heavy atom. The first-order chi connectivity index (χ1) is 16.6. The molecule has 5 heteroatoms. The highest BCUT2D eigenvalue weighted by Gasteiger charge is 2.39. The molecule has 0 fully saturated rings. The van der Waals surface area contributed by atoms with Crippen LogP contribution in [0.1, 0.15) is 114 Å². The van der Waals surface area contributed by atoms with Crippen molar-refractivity contribution in [2.24, 2.45) is 0 Å². The number of hydrogen-bond donors (Lipinski definition) is 1. The largest absolute Gasteiger partial charge is 0.488 e. The zero-order chi connectivity index (χ0) is 25.5. The van der Waals surface area contributed by atoms with Gasteiger partial charge in [-0.05, 0) is 81.4 Å². The first-order valence-corrected chi connectivity index (χ1v) is 13.0. The Hall–Kier alpha value is -2.87. The zero-order valence-corrected chi connectivity index (χ0v) is 22.0. The van der Waals surface area contributed by atoms with Crippen LogP contribution in [-0.2, 0) is 23.1 Å². The van der Waals surface area contributed by atoms with E-state index in [0.29, 0.717) is 12.1 Å². The molecule has 0 saturated carbocycles. The number of rotatable bonds is 10. The molecule has 0 bridgehead atoms. The summed E-state index contributed by atoms with van der Waals surface area (Å²) in [6.45, 7) is 11.1. The summed E-state index contributed by atoms with van der Waals surface area (Å²) >= 11 is 0. The van der Waals surface area contributed by atoms with Crippen molar-refractivity contribution in [3.63, 3.8) is 0 Å². The Kier molecular flexibility index (Phi) is 8.94. The van der Waals surface area contributed by atoms with E-state index in [1.54, 1.807) is 12.4 Å². The van der Waals surface area contributed by atoms with E-state index in [1.807, 2.05) is 0 Å². The van der Waals surface area contributed by atoms with Gasteiger partial charge in [0.25, 0.3) is 0 Å². The van der Waals surface area contributed by atoms with Crippen LogP contribution in [0.5, 0.6) is 5.75 Å². The molecule has 3 rings (SSSR count). The molecule has 5 nitrogen and oxygen atoms in total. The maximum atomic E-state index is 10.6. The highest BCUT2D eigenvalue weighted by molar-refractivity contribution is 5.66. The molecule has 0 unspecified atom stereocenters. The molecular formula is C30H40N2O3. The first-order valence-electron chi connectivity index (χ1n) is 13.0. The third-order valence-corrected chi connectivity index (χ3v) is 6.59. The molecule has 0 aliphatic carbocycles. The van der Waals surface area contributed by atoms with Crippen LogP contribution in [0, 0.1) is 11.8 Å². The van der Waals surface area contributed by atoms with Crippen molar-refractivity contribution in [1.29, 1.82) is 0 Å². The molecule has 0 saturated heterocycles. The molecule has 188 valence electrons. The number of fused-ring (bicyclic) bond motifs is 1. The van der Waals surface area contributed by atoms with Crippen LogP contribution in [0.2, 0.25) is 0 Å². The Bertz CT molecular complexity index is 1080. The number of carboxylic acid groups (broad SMARTS) is 1. The van der Waals surface area contributed by atoms with Gasteiger partial charge in [-0.1, -0.05) is 46.0 Å². The normalized spacial score (nSPS) is 15.5. The second kappa shape index (κ2) is 11.7. The minimum absolute atomic E-state index is 0.0103. The maximum absolute atomic E-state index is 10.6. The topological polar surface area (TPSA) is 72.3 Å². The number of hydrogen-bond acceptors (Lipinski definition) is 4. The average Bonchev–Trinajstić information content (AvgIpc) is 2.77. The summed E-state index contributed by atoms with van der Waals surface area (Å²) in [5.74, 6) is 6.85. The van der Waals surface area contributed by atoms with E-state index in [4.69, 9.17) is 9.84 Å². The predicted octanol–water partition coefficient (Wildman–Crippen LogP) is 6.64. The first kappa shape index (κ1) is 26.7. The number of unbranched alkanes of at least 4 members (excludes halogenated alkanes) is 4. The summed E-state index contributed by atoms with van der Waals surface area (Å²) in [5.41, 5.74) is 4.85. The molecule has 1 N–H and O–H groups in total. The summed E-state index contributed by atoms with van der Waals surface area (Å²) in [4.78, 5) is 19.6. The SMILES string of the molecule is CCCCCCc1cc2c(cc1C#Cc1cnc(CCCCC(=O)O)cn1)C(C)(C)CC(C)(C)O2. The van der Waals surface area contributed by atoms with E-state index in [0.717, 1.165) is 49.1 Å². The maximum Gasteiger partial charge on any atom is 0.303 e. The van der Waals surface area contributed by atoms with E-state index in [2.05, 4.69) is 68.6 Å². The fourth-order valence-electron chi connectivity index (χ4n) is 5.06. The number of benzene rings is 1. The Morgan fingerprint density at radius 1 is 1.00 bits per heavy atom. The van der Waals surface area contributed by atoms with Gasteiger partial charge in [0.1, 0.15) is 17.0 Å². The molecule has 0 radical (unpaired) electrons. The van der Waals surface area contributed by atoms with Gasteiger partial charge in [-0.2, -0.15) is 0 Å². The summed E-state index contributed by atoms with van der Waals surface area (Å²) in [5, 5.41) is 8.76. The fourth-order valence-corrected chi connectivity index (χ4v) is 5.06. The molecule has 0 spiro atoms. The van der Waals surface area contributed by atoms with Crippen LogP contribution < -0.4 is 4.74 Å². The minimum Gasteiger partial charge on any atom is -0.488 e. The summed E-state index contributed by atoms with van der Waals surface area (Å²) < 4.78 is 6.40. The lowest BCUT2D eigenvalue weighted by Gasteiger charge is -2.42. The lowest BCUT2D eigenvalue weighted by atomic mass is 9.73. The van der Waals surface area contributed by atoms with Crippen molar-refractivity contribution in [1.82, 2.24) is 9.97 Å². The van der Waals surface area contributed by atoms with Gasteiger partial charge in [-0.3, -0.25) is 9.78 Å².